The van der Waals surface area contributed by atoms with Crippen LogP contribution in [0.15, 0.2) is 30.3 Å². The maximum atomic E-state index is 11.6. The zero-order valence-corrected chi connectivity index (χ0v) is 13.5. The summed E-state index contributed by atoms with van der Waals surface area (Å²) in [6.45, 7) is 2.47. The van der Waals surface area contributed by atoms with E-state index in [-0.39, 0.29) is 11.2 Å². The molecule has 0 atom stereocenters. The van der Waals surface area contributed by atoms with Crippen molar-refractivity contribution in [3.05, 3.63) is 35.9 Å². The van der Waals surface area contributed by atoms with Crippen molar-refractivity contribution in [3.8, 4) is 0 Å². The Kier molecular flexibility index (Phi) is 5.72. The first kappa shape index (κ1) is 17.1. The van der Waals surface area contributed by atoms with Crippen LogP contribution in [-0.4, -0.2) is 49.5 Å². The molecule has 22 heavy (non-hydrogen) atoms. The molecule has 1 fully saturated rings. The summed E-state index contributed by atoms with van der Waals surface area (Å²) >= 11 is 0. The molecule has 0 aliphatic carbocycles. The van der Waals surface area contributed by atoms with Crippen molar-refractivity contribution in [1.29, 1.82) is 0 Å². The van der Waals surface area contributed by atoms with E-state index in [2.05, 4.69) is 4.90 Å². The Morgan fingerprint density at radius 3 is 2.32 bits per heavy atom. The Hall–Kier alpha value is -1.24. The van der Waals surface area contributed by atoms with Crippen LogP contribution in [0.25, 0.3) is 0 Å². The number of carbonyl (C=O) groups excluding carboxylic acids is 1. The summed E-state index contributed by atoms with van der Waals surface area (Å²) in [5.74, 6) is -0.177. The molecular formula is C16H23NO4S. The van der Waals surface area contributed by atoms with E-state index in [1.807, 2.05) is 30.3 Å². The molecule has 1 N–H and O–H groups in total. The van der Waals surface area contributed by atoms with E-state index in [4.69, 9.17) is 4.55 Å². The predicted octanol–water partition coefficient (Wildman–Crippen LogP) is 1.89. The molecule has 1 saturated heterocycles. The van der Waals surface area contributed by atoms with Crippen LogP contribution in [-0.2, 0) is 20.3 Å². The SMILES string of the molecule is O=CC1(c2ccccc2)CCN(CCCCS(=O)(=O)O)CC1. The lowest BCUT2D eigenvalue weighted by Gasteiger charge is -2.38. The Balaban J connectivity index is 1.83. The van der Waals surface area contributed by atoms with Crippen LogP contribution < -0.4 is 0 Å². The fourth-order valence-electron chi connectivity index (χ4n) is 3.04. The van der Waals surface area contributed by atoms with Gasteiger partial charge in [0.05, 0.1) is 11.2 Å². The maximum Gasteiger partial charge on any atom is 0.264 e. The predicted molar refractivity (Wildman–Crippen MR) is 85.5 cm³/mol. The van der Waals surface area contributed by atoms with Crippen LogP contribution >= 0.6 is 0 Å². The summed E-state index contributed by atoms with van der Waals surface area (Å²) in [7, 11) is -3.85. The normalized spacial score (nSPS) is 19.0. The molecule has 0 bridgehead atoms. The third-order valence-corrected chi connectivity index (χ3v) is 5.25. The van der Waals surface area contributed by atoms with Crippen LogP contribution in [0.2, 0.25) is 0 Å². The number of likely N-dealkylation sites (tertiary alicyclic amines) is 1. The second-order valence-electron chi connectivity index (χ2n) is 5.97. The number of benzene rings is 1. The molecule has 1 aromatic rings. The highest BCUT2D eigenvalue weighted by Crippen LogP contribution is 2.33. The lowest BCUT2D eigenvalue weighted by Crippen LogP contribution is -2.43. The lowest BCUT2D eigenvalue weighted by molar-refractivity contribution is -0.114. The summed E-state index contributed by atoms with van der Waals surface area (Å²) in [6.07, 6.45) is 3.86. The van der Waals surface area contributed by atoms with Crippen LogP contribution in [0.4, 0.5) is 0 Å². The van der Waals surface area contributed by atoms with Crippen LogP contribution in [0.3, 0.4) is 0 Å². The van der Waals surface area contributed by atoms with Gasteiger partial charge in [0.2, 0.25) is 0 Å². The standard InChI is InChI=1S/C16H23NO4S/c18-14-16(15-6-2-1-3-7-15)8-11-17(12-9-16)10-4-5-13-22(19,20)21/h1-3,6-7,14H,4-5,8-13H2,(H,19,20,21). The van der Waals surface area contributed by atoms with Crippen LogP contribution in [0.1, 0.15) is 31.2 Å². The van der Waals surface area contributed by atoms with Gasteiger partial charge in [0.15, 0.2) is 0 Å². The van der Waals surface area contributed by atoms with Crippen molar-refractivity contribution in [2.24, 2.45) is 0 Å². The first-order chi connectivity index (χ1) is 10.5. The van der Waals surface area contributed by atoms with Gasteiger partial charge in [0.25, 0.3) is 10.1 Å². The van der Waals surface area contributed by atoms with E-state index in [9.17, 15) is 13.2 Å². The van der Waals surface area contributed by atoms with Gasteiger partial charge in [-0.15, -0.1) is 0 Å². The van der Waals surface area contributed by atoms with Crippen molar-refractivity contribution in [1.82, 2.24) is 4.90 Å². The van der Waals surface area contributed by atoms with E-state index in [0.29, 0.717) is 6.42 Å². The Morgan fingerprint density at radius 2 is 1.77 bits per heavy atom. The van der Waals surface area contributed by atoms with E-state index in [1.54, 1.807) is 0 Å². The molecule has 0 spiro atoms. The van der Waals surface area contributed by atoms with Crippen molar-refractivity contribution < 1.29 is 17.8 Å². The summed E-state index contributed by atoms with van der Waals surface area (Å²) in [5.41, 5.74) is 0.697. The van der Waals surface area contributed by atoms with Gasteiger partial charge in [-0.2, -0.15) is 8.42 Å². The van der Waals surface area contributed by atoms with Gasteiger partial charge in [-0.3, -0.25) is 4.55 Å². The molecular weight excluding hydrogens is 302 g/mol. The topological polar surface area (TPSA) is 74.7 Å². The summed E-state index contributed by atoms with van der Waals surface area (Å²) < 4.78 is 30.0. The number of rotatable bonds is 7. The zero-order valence-electron chi connectivity index (χ0n) is 12.6. The summed E-state index contributed by atoms with van der Waals surface area (Å²) in [6, 6.07) is 9.89. The van der Waals surface area contributed by atoms with E-state index >= 15 is 0 Å². The van der Waals surface area contributed by atoms with Gasteiger partial charge < -0.3 is 9.69 Å². The van der Waals surface area contributed by atoms with Gasteiger partial charge in [0, 0.05) is 0 Å². The van der Waals surface area contributed by atoms with Crippen LogP contribution in [0, 0.1) is 0 Å². The van der Waals surface area contributed by atoms with Gasteiger partial charge >= 0.3 is 0 Å². The number of aldehydes is 1. The second-order valence-corrected chi connectivity index (χ2v) is 7.55. The molecule has 5 nitrogen and oxygen atoms in total. The highest BCUT2D eigenvalue weighted by Gasteiger charge is 2.35. The first-order valence-corrected chi connectivity index (χ1v) is 9.25. The van der Waals surface area contributed by atoms with Crippen molar-refractivity contribution >= 4 is 16.4 Å². The highest BCUT2D eigenvalue weighted by molar-refractivity contribution is 7.85. The largest absolute Gasteiger partial charge is 0.303 e. The molecule has 1 heterocycles. The first-order valence-electron chi connectivity index (χ1n) is 7.65. The average Bonchev–Trinajstić information content (AvgIpc) is 2.52. The Bertz CT molecular complexity index is 577. The van der Waals surface area contributed by atoms with Crippen molar-refractivity contribution in [3.63, 3.8) is 0 Å². The number of hydrogen-bond acceptors (Lipinski definition) is 4. The average molecular weight is 325 g/mol. The Labute approximate surface area is 132 Å². The lowest BCUT2D eigenvalue weighted by atomic mass is 9.74. The molecule has 1 aliphatic rings. The minimum atomic E-state index is -3.85. The van der Waals surface area contributed by atoms with Crippen molar-refractivity contribution in [2.45, 2.75) is 31.1 Å². The molecule has 2 rings (SSSR count). The molecule has 0 radical (unpaired) electrons. The fourth-order valence-corrected chi connectivity index (χ4v) is 3.61. The van der Waals surface area contributed by atoms with Gasteiger partial charge in [-0.1, -0.05) is 30.3 Å². The number of nitrogens with zero attached hydrogens (tertiary/aromatic N) is 1. The maximum absolute atomic E-state index is 11.6. The van der Waals surface area contributed by atoms with E-state index in [0.717, 1.165) is 50.7 Å². The third-order valence-electron chi connectivity index (χ3n) is 4.45. The third kappa shape index (κ3) is 4.63. The summed E-state index contributed by atoms with van der Waals surface area (Å²) in [4.78, 5) is 13.9. The molecule has 6 heteroatoms. The van der Waals surface area contributed by atoms with Gasteiger partial charge in [-0.25, -0.2) is 0 Å². The van der Waals surface area contributed by atoms with Gasteiger partial charge in [-0.05, 0) is 50.9 Å². The molecule has 0 unspecified atom stereocenters. The quantitative estimate of drug-likeness (QED) is 0.471. The second kappa shape index (κ2) is 7.35. The fraction of sp³-hybridized carbons (Fsp3) is 0.562. The molecule has 0 amide bonds. The number of unbranched alkanes of at least 4 members (excludes halogenated alkanes) is 1. The number of carbonyl (C=O) groups is 1. The minimum absolute atomic E-state index is 0.177. The molecule has 0 aromatic heterocycles. The summed E-state index contributed by atoms with van der Waals surface area (Å²) in [5, 5.41) is 0. The van der Waals surface area contributed by atoms with E-state index < -0.39 is 10.1 Å². The van der Waals surface area contributed by atoms with Crippen LogP contribution in [0.5, 0.6) is 0 Å². The molecule has 0 saturated carbocycles. The molecule has 1 aliphatic heterocycles. The minimum Gasteiger partial charge on any atom is -0.303 e. The highest BCUT2D eigenvalue weighted by atomic mass is 32.2. The molecule has 1 aromatic carbocycles. The Morgan fingerprint density at radius 1 is 1.14 bits per heavy atom. The van der Waals surface area contributed by atoms with Gasteiger partial charge in [0.1, 0.15) is 6.29 Å². The molecule has 122 valence electrons. The van der Waals surface area contributed by atoms with E-state index in [1.165, 1.54) is 0 Å². The van der Waals surface area contributed by atoms with Crippen molar-refractivity contribution in [2.75, 3.05) is 25.4 Å². The smallest absolute Gasteiger partial charge is 0.264 e. The monoisotopic (exact) mass is 325 g/mol. The number of piperidine rings is 1. The zero-order chi connectivity index (χ0) is 16.1. The number of hydrogen-bond donors (Lipinski definition) is 1.